The Morgan fingerprint density at radius 3 is 2.76 bits per heavy atom. The smallest absolute Gasteiger partial charge is 0.303 e. The fourth-order valence-corrected chi connectivity index (χ4v) is 2.47. The molecule has 0 heterocycles. The van der Waals surface area contributed by atoms with Crippen LogP contribution in [-0.4, -0.2) is 25.3 Å². The standard InChI is InChI=1S/C13H16O4/c1-16-9-6-11-8(5-13(14)15)3-4-10(11)12(7-9)17-2/h6-8H,3-5H2,1-2H3,(H,14,15). The molecule has 92 valence electrons. The van der Waals surface area contributed by atoms with Crippen LogP contribution in [-0.2, 0) is 11.2 Å². The van der Waals surface area contributed by atoms with Crippen LogP contribution in [0, 0.1) is 0 Å². The highest BCUT2D eigenvalue weighted by atomic mass is 16.5. The Labute approximate surface area is 100 Å². The van der Waals surface area contributed by atoms with Crippen LogP contribution in [0.4, 0.5) is 0 Å². The molecular weight excluding hydrogens is 220 g/mol. The highest BCUT2D eigenvalue weighted by molar-refractivity contribution is 5.69. The van der Waals surface area contributed by atoms with Crippen molar-refractivity contribution in [1.82, 2.24) is 0 Å². The van der Waals surface area contributed by atoms with E-state index < -0.39 is 5.97 Å². The molecule has 1 aliphatic carbocycles. The van der Waals surface area contributed by atoms with Gasteiger partial charge in [0, 0.05) is 6.07 Å². The summed E-state index contributed by atoms with van der Waals surface area (Å²) >= 11 is 0. The number of hydrogen-bond acceptors (Lipinski definition) is 3. The molecule has 0 aliphatic heterocycles. The molecule has 0 radical (unpaired) electrons. The summed E-state index contributed by atoms with van der Waals surface area (Å²) < 4.78 is 10.5. The normalized spacial score (nSPS) is 17.6. The second-order valence-electron chi connectivity index (χ2n) is 4.23. The Bertz CT molecular complexity index is 439. The van der Waals surface area contributed by atoms with E-state index in [0.29, 0.717) is 0 Å². The quantitative estimate of drug-likeness (QED) is 0.870. The number of hydrogen-bond donors (Lipinski definition) is 1. The van der Waals surface area contributed by atoms with Gasteiger partial charge < -0.3 is 14.6 Å². The summed E-state index contributed by atoms with van der Waals surface area (Å²) in [4.78, 5) is 10.8. The fourth-order valence-electron chi connectivity index (χ4n) is 2.47. The Morgan fingerprint density at radius 1 is 1.41 bits per heavy atom. The molecule has 0 bridgehead atoms. The third kappa shape index (κ3) is 2.20. The number of aliphatic carboxylic acids is 1. The molecule has 1 aromatic carbocycles. The van der Waals surface area contributed by atoms with Crippen molar-refractivity contribution in [2.75, 3.05) is 14.2 Å². The molecule has 0 aromatic heterocycles. The number of carboxylic acid groups (broad SMARTS) is 1. The first-order chi connectivity index (χ1) is 8.15. The lowest BCUT2D eigenvalue weighted by molar-refractivity contribution is -0.137. The maximum atomic E-state index is 10.8. The predicted octanol–water partition coefficient (Wildman–Crippen LogP) is 2.21. The Balaban J connectivity index is 2.39. The average molecular weight is 236 g/mol. The van der Waals surface area contributed by atoms with E-state index in [1.165, 1.54) is 0 Å². The molecule has 1 aliphatic rings. The third-order valence-electron chi connectivity index (χ3n) is 3.28. The van der Waals surface area contributed by atoms with Gasteiger partial charge in [0.25, 0.3) is 0 Å². The van der Waals surface area contributed by atoms with Crippen molar-refractivity contribution >= 4 is 5.97 Å². The summed E-state index contributed by atoms with van der Waals surface area (Å²) in [5, 5.41) is 8.89. The average Bonchev–Trinajstić information content (AvgIpc) is 2.70. The van der Waals surface area contributed by atoms with Gasteiger partial charge in [0.2, 0.25) is 0 Å². The van der Waals surface area contributed by atoms with Crippen LogP contribution >= 0.6 is 0 Å². The van der Waals surface area contributed by atoms with Crippen LogP contribution < -0.4 is 9.47 Å². The fraction of sp³-hybridized carbons (Fsp3) is 0.462. The summed E-state index contributed by atoms with van der Waals surface area (Å²) in [5.74, 6) is 0.835. The summed E-state index contributed by atoms with van der Waals surface area (Å²) in [7, 11) is 3.22. The van der Waals surface area contributed by atoms with Crippen LogP contribution in [0.25, 0.3) is 0 Å². The van der Waals surface area contributed by atoms with Crippen molar-refractivity contribution in [3.05, 3.63) is 23.3 Å². The SMILES string of the molecule is COc1cc(OC)c2c(c1)C(CC(=O)O)CC2. The van der Waals surface area contributed by atoms with Crippen LogP contribution in [0.1, 0.15) is 29.9 Å². The van der Waals surface area contributed by atoms with Gasteiger partial charge in [0.05, 0.1) is 20.6 Å². The number of carboxylic acids is 1. The number of benzene rings is 1. The van der Waals surface area contributed by atoms with Gasteiger partial charge in [-0.1, -0.05) is 0 Å². The number of carbonyl (C=O) groups is 1. The topological polar surface area (TPSA) is 55.8 Å². The Morgan fingerprint density at radius 2 is 2.18 bits per heavy atom. The van der Waals surface area contributed by atoms with Crippen molar-refractivity contribution < 1.29 is 19.4 Å². The molecule has 0 amide bonds. The lowest BCUT2D eigenvalue weighted by Crippen LogP contribution is -2.03. The molecule has 2 rings (SSSR count). The highest BCUT2D eigenvalue weighted by Crippen LogP contribution is 2.42. The molecule has 1 unspecified atom stereocenters. The van der Waals surface area contributed by atoms with Gasteiger partial charge in [-0.25, -0.2) is 0 Å². The van der Waals surface area contributed by atoms with E-state index in [-0.39, 0.29) is 12.3 Å². The maximum absolute atomic E-state index is 10.8. The van der Waals surface area contributed by atoms with Gasteiger partial charge in [-0.2, -0.15) is 0 Å². The second kappa shape index (κ2) is 4.65. The van der Waals surface area contributed by atoms with E-state index in [1.54, 1.807) is 14.2 Å². The van der Waals surface area contributed by atoms with Crippen LogP contribution in [0.2, 0.25) is 0 Å². The molecule has 0 fully saturated rings. The van der Waals surface area contributed by atoms with Crippen LogP contribution in [0.3, 0.4) is 0 Å². The zero-order valence-electron chi connectivity index (χ0n) is 10.0. The molecule has 17 heavy (non-hydrogen) atoms. The summed E-state index contributed by atoms with van der Waals surface area (Å²) in [6.07, 6.45) is 1.91. The predicted molar refractivity (Wildman–Crippen MR) is 62.9 cm³/mol. The lowest BCUT2D eigenvalue weighted by atomic mass is 9.97. The summed E-state index contributed by atoms with van der Waals surface area (Å²) in [6, 6.07) is 3.78. The first kappa shape index (κ1) is 11.8. The number of fused-ring (bicyclic) bond motifs is 1. The molecule has 4 heteroatoms. The summed E-state index contributed by atoms with van der Waals surface area (Å²) in [5.41, 5.74) is 2.18. The van der Waals surface area contributed by atoms with Crippen LogP contribution in [0.15, 0.2) is 12.1 Å². The van der Waals surface area contributed by atoms with Gasteiger partial charge >= 0.3 is 5.97 Å². The minimum Gasteiger partial charge on any atom is -0.497 e. The third-order valence-corrected chi connectivity index (χ3v) is 3.28. The molecule has 0 saturated carbocycles. The van der Waals surface area contributed by atoms with Crippen molar-refractivity contribution in [2.45, 2.75) is 25.2 Å². The van der Waals surface area contributed by atoms with E-state index in [9.17, 15) is 4.79 Å². The van der Waals surface area contributed by atoms with Crippen molar-refractivity contribution in [3.8, 4) is 11.5 Å². The van der Waals surface area contributed by atoms with Crippen molar-refractivity contribution in [3.63, 3.8) is 0 Å². The first-order valence-electron chi connectivity index (χ1n) is 5.62. The van der Waals surface area contributed by atoms with E-state index >= 15 is 0 Å². The minimum absolute atomic E-state index is 0.0755. The zero-order valence-corrected chi connectivity index (χ0v) is 10.0. The highest BCUT2D eigenvalue weighted by Gasteiger charge is 2.28. The molecule has 1 atom stereocenters. The maximum Gasteiger partial charge on any atom is 0.303 e. The summed E-state index contributed by atoms with van der Waals surface area (Å²) in [6.45, 7) is 0. The Hall–Kier alpha value is -1.71. The molecular formula is C13H16O4. The molecule has 1 N–H and O–H groups in total. The molecule has 1 aromatic rings. The molecule has 0 spiro atoms. The van der Waals surface area contributed by atoms with Crippen LogP contribution in [0.5, 0.6) is 11.5 Å². The van der Waals surface area contributed by atoms with E-state index in [1.807, 2.05) is 12.1 Å². The van der Waals surface area contributed by atoms with Gasteiger partial charge in [-0.3, -0.25) is 4.79 Å². The van der Waals surface area contributed by atoms with Crippen molar-refractivity contribution in [1.29, 1.82) is 0 Å². The van der Waals surface area contributed by atoms with Gasteiger partial charge in [-0.15, -0.1) is 0 Å². The molecule has 4 nitrogen and oxygen atoms in total. The number of ether oxygens (including phenoxy) is 2. The minimum atomic E-state index is -0.760. The number of methoxy groups -OCH3 is 2. The van der Waals surface area contributed by atoms with Gasteiger partial charge in [0.15, 0.2) is 0 Å². The van der Waals surface area contributed by atoms with E-state index in [4.69, 9.17) is 14.6 Å². The second-order valence-corrected chi connectivity index (χ2v) is 4.23. The molecule has 0 saturated heterocycles. The monoisotopic (exact) mass is 236 g/mol. The van der Waals surface area contributed by atoms with E-state index in [0.717, 1.165) is 35.5 Å². The van der Waals surface area contributed by atoms with Gasteiger partial charge in [0.1, 0.15) is 11.5 Å². The lowest BCUT2D eigenvalue weighted by Gasteiger charge is -2.13. The van der Waals surface area contributed by atoms with Crippen molar-refractivity contribution in [2.24, 2.45) is 0 Å². The first-order valence-corrected chi connectivity index (χ1v) is 5.62. The van der Waals surface area contributed by atoms with E-state index in [2.05, 4.69) is 0 Å². The zero-order chi connectivity index (χ0) is 12.4. The largest absolute Gasteiger partial charge is 0.497 e. The number of rotatable bonds is 4. The van der Waals surface area contributed by atoms with Gasteiger partial charge in [-0.05, 0) is 36.0 Å². The Kier molecular flexibility index (Phi) is 3.22.